The van der Waals surface area contributed by atoms with E-state index in [1.165, 1.54) is 16.2 Å². The first-order valence-corrected chi connectivity index (χ1v) is 6.69. The van der Waals surface area contributed by atoms with E-state index in [1.807, 2.05) is 0 Å². The van der Waals surface area contributed by atoms with Crippen LogP contribution in [0.25, 0.3) is 10.8 Å². The smallest absolute Gasteiger partial charge is 0.273 e. The number of hydrogen-bond acceptors (Lipinski definition) is 6. The van der Waals surface area contributed by atoms with Gasteiger partial charge in [0.05, 0.1) is 17.3 Å². The molecule has 102 valence electrons. The normalized spacial score (nSPS) is 10.8. The summed E-state index contributed by atoms with van der Waals surface area (Å²) in [5.41, 5.74) is 0.0650. The second-order valence-electron chi connectivity index (χ2n) is 4.18. The third-order valence-electron chi connectivity index (χ3n) is 2.97. The zero-order valence-corrected chi connectivity index (χ0v) is 11.4. The Hall–Kier alpha value is -2.48. The maximum atomic E-state index is 12.3. The number of H-pyrrole nitrogens is 1. The molecule has 0 fully saturated rings. The van der Waals surface area contributed by atoms with Crippen LogP contribution in [-0.4, -0.2) is 26.4 Å². The molecule has 0 bridgehead atoms. The summed E-state index contributed by atoms with van der Waals surface area (Å²) in [7, 11) is 1.75. The number of anilines is 1. The molecular formula is C12H11N5O2S. The van der Waals surface area contributed by atoms with Gasteiger partial charge in [-0.3, -0.25) is 14.7 Å². The molecule has 0 saturated carbocycles. The molecule has 20 heavy (non-hydrogen) atoms. The lowest BCUT2D eigenvalue weighted by Gasteiger charge is -2.06. The molecule has 3 rings (SSSR count). The Balaban J connectivity index is 2.16. The van der Waals surface area contributed by atoms with Crippen LogP contribution in [0.15, 0.2) is 33.9 Å². The van der Waals surface area contributed by atoms with E-state index in [0.717, 1.165) is 5.00 Å². The molecule has 2 aromatic heterocycles. The van der Waals surface area contributed by atoms with Crippen molar-refractivity contribution in [3.05, 3.63) is 50.7 Å². The van der Waals surface area contributed by atoms with Gasteiger partial charge < -0.3 is 5.32 Å². The Kier molecular flexibility index (Phi) is 3.07. The van der Waals surface area contributed by atoms with Gasteiger partial charge in [0.25, 0.3) is 11.1 Å². The number of aromatic nitrogens is 4. The van der Waals surface area contributed by atoms with E-state index < -0.39 is 0 Å². The number of rotatable bonds is 3. The van der Waals surface area contributed by atoms with Crippen LogP contribution in [0.3, 0.4) is 0 Å². The maximum absolute atomic E-state index is 12.3. The summed E-state index contributed by atoms with van der Waals surface area (Å²) in [5.74, 6) is 0. The molecular weight excluding hydrogens is 278 g/mol. The van der Waals surface area contributed by atoms with Crippen LogP contribution in [-0.2, 0) is 6.54 Å². The summed E-state index contributed by atoms with van der Waals surface area (Å²) < 4.78 is 5.08. The predicted octanol–water partition coefficient (Wildman–Crippen LogP) is 0.631. The van der Waals surface area contributed by atoms with Gasteiger partial charge in [-0.05, 0) is 12.1 Å². The fourth-order valence-corrected chi connectivity index (χ4v) is 2.53. The van der Waals surface area contributed by atoms with E-state index in [4.69, 9.17) is 0 Å². The molecule has 0 amide bonds. The van der Waals surface area contributed by atoms with E-state index in [0.29, 0.717) is 16.5 Å². The highest BCUT2D eigenvalue weighted by Gasteiger charge is 2.11. The summed E-state index contributed by atoms with van der Waals surface area (Å²) in [6, 6.07) is 6.73. The number of benzene rings is 1. The van der Waals surface area contributed by atoms with Gasteiger partial charge in [0, 0.05) is 18.6 Å². The van der Waals surface area contributed by atoms with E-state index in [-0.39, 0.29) is 17.7 Å². The first-order chi connectivity index (χ1) is 9.70. The van der Waals surface area contributed by atoms with Gasteiger partial charge in [-0.1, -0.05) is 16.6 Å². The fourth-order valence-electron chi connectivity index (χ4n) is 2.01. The van der Waals surface area contributed by atoms with E-state index in [2.05, 4.69) is 20.0 Å². The Morgan fingerprint density at radius 3 is 2.80 bits per heavy atom. The second kappa shape index (κ2) is 4.89. The third-order valence-corrected chi connectivity index (χ3v) is 3.76. The first-order valence-electron chi connectivity index (χ1n) is 5.91. The standard InChI is InChI=1S/C12H11N5O2S/c1-13-11-9(14-16-20-11)6-17-12(19)8-5-3-2-4-7(8)10(18)15-17/h2-5,13H,6H2,1H3,(H,15,18). The van der Waals surface area contributed by atoms with Gasteiger partial charge in [0.1, 0.15) is 10.7 Å². The molecule has 0 unspecified atom stereocenters. The summed E-state index contributed by atoms with van der Waals surface area (Å²) >= 11 is 1.20. The van der Waals surface area contributed by atoms with Crippen molar-refractivity contribution in [3.8, 4) is 0 Å². The molecule has 0 atom stereocenters. The first kappa shape index (κ1) is 12.5. The van der Waals surface area contributed by atoms with Gasteiger partial charge in [0.15, 0.2) is 0 Å². The highest BCUT2D eigenvalue weighted by molar-refractivity contribution is 7.10. The summed E-state index contributed by atoms with van der Waals surface area (Å²) in [6.07, 6.45) is 0. The topological polar surface area (TPSA) is 92.7 Å². The van der Waals surface area contributed by atoms with Gasteiger partial charge in [-0.2, -0.15) is 0 Å². The average Bonchev–Trinajstić information content (AvgIpc) is 2.92. The van der Waals surface area contributed by atoms with E-state index in [1.54, 1.807) is 31.3 Å². The Bertz CT molecular complexity index is 879. The fraction of sp³-hybridized carbons (Fsp3) is 0.167. The van der Waals surface area contributed by atoms with Crippen molar-refractivity contribution < 1.29 is 0 Å². The number of fused-ring (bicyclic) bond motifs is 1. The molecule has 0 saturated heterocycles. The summed E-state index contributed by atoms with van der Waals surface area (Å²) in [5, 5.41) is 11.0. The van der Waals surface area contributed by atoms with Crippen LogP contribution >= 0.6 is 11.5 Å². The van der Waals surface area contributed by atoms with Crippen LogP contribution in [0.1, 0.15) is 5.69 Å². The molecule has 0 aliphatic heterocycles. The lowest BCUT2D eigenvalue weighted by atomic mass is 10.2. The molecule has 0 radical (unpaired) electrons. The quantitative estimate of drug-likeness (QED) is 0.738. The zero-order valence-electron chi connectivity index (χ0n) is 10.6. The summed E-state index contributed by atoms with van der Waals surface area (Å²) in [6.45, 7) is 0.172. The number of hydrogen-bond donors (Lipinski definition) is 2. The van der Waals surface area contributed by atoms with Gasteiger partial charge in [-0.15, -0.1) is 5.10 Å². The maximum Gasteiger partial charge on any atom is 0.273 e. The minimum Gasteiger partial charge on any atom is -0.377 e. The van der Waals surface area contributed by atoms with Crippen LogP contribution in [0, 0.1) is 0 Å². The number of nitrogens with one attached hydrogen (secondary N) is 2. The third kappa shape index (κ3) is 1.99. The van der Waals surface area contributed by atoms with Gasteiger partial charge in [-0.25, -0.2) is 4.68 Å². The molecule has 1 aromatic carbocycles. The highest BCUT2D eigenvalue weighted by Crippen LogP contribution is 2.16. The minimum atomic E-state index is -0.297. The van der Waals surface area contributed by atoms with Crippen molar-refractivity contribution in [2.45, 2.75) is 6.54 Å². The minimum absolute atomic E-state index is 0.172. The Morgan fingerprint density at radius 1 is 1.30 bits per heavy atom. The van der Waals surface area contributed by atoms with E-state index >= 15 is 0 Å². The molecule has 3 aromatic rings. The number of nitrogens with zero attached hydrogens (tertiary/aromatic N) is 3. The van der Waals surface area contributed by atoms with Crippen LogP contribution in [0.5, 0.6) is 0 Å². The van der Waals surface area contributed by atoms with Crippen molar-refractivity contribution in [3.63, 3.8) is 0 Å². The van der Waals surface area contributed by atoms with Gasteiger partial charge in [0.2, 0.25) is 0 Å². The van der Waals surface area contributed by atoms with Crippen molar-refractivity contribution >= 4 is 27.3 Å². The lowest BCUT2D eigenvalue weighted by molar-refractivity contribution is 0.625. The summed E-state index contributed by atoms with van der Waals surface area (Å²) in [4.78, 5) is 24.3. The van der Waals surface area contributed by atoms with Crippen molar-refractivity contribution in [2.24, 2.45) is 0 Å². The predicted molar refractivity (Wildman–Crippen MR) is 77.4 cm³/mol. The van der Waals surface area contributed by atoms with Crippen molar-refractivity contribution in [2.75, 3.05) is 12.4 Å². The molecule has 2 N–H and O–H groups in total. The SMILES string of the molecule is CNc1snnc1Cn1[nH]c(=O)c2ccccc2c1=O. The number of aromatic amines is 1. The van der Waals surface area contributed by atoms with Crippen LogP contribution < -0.4 is 16.4 Å². The molecule has 8 heteroatoms. The monoisotopic (exact) mass is 289 g/mol. The lowest BCUT2D eigenvalue weighted by Crippen LogP contribution is -2.30. The van der Waals surface area contributed by atoms with Crippen molar-refractivity contribution in [1.29, 1.82) is 0 Å². The molecule has 7 nitrogen and oxygen atoms in total. The molecule has 0 aliphatic carbocycles. The molecule has 0 aliphatic rings. The molecule has 2 heterocycles. The molecule has 0 spiro atoms. The highest BCUT2D eigenvalue weighted by atomic mass is 32.1. The Labute approximate surface area is 117 Å². The average molecular weight is 289 g/mol. The van der Waals surface area contributed by atoms with E-state index in [9.17, 15) is 9.59 Å². The zero-order chi connectivity index (χ0) is 14.1. The van der Waals surface area contributed by atoms with Crippen molar-refractivity contribution in [1.82, 2.24) is 19.4 Å². The van der Waals surface area contributed by atoms with Gasteiger partial charge >= 0.3 is 0 Å². The Morgan fingerprint density at radius 2 is 2.05 bits per heavy atom. The van der Waals surface area contributed by atoms with Crippen LogP contribution in [0.2, 0.25) is 0 Å². The largest absolute Gasteiger partial charge is 0.377 e. The van der Waals surface area contributed by atoms with Crippen LogP contribution in [0.4, 0.5) is 5.00 Å². The second-order valence-corrected chi connectivity index (χ2v) is 4.93.